The molecule has 3 heterocycles. The van der Waals surface area contributed by atoms with Gasteiger partial charge in [-0.2, -0.15) is 0 Å². The summed E-state index contributed by atoms with van der Waals surface area (Å²) >= 11 is 9.63. The first-order valence-electron chi connectivity index (χ1n) is 9.24. The Morgan fingerprint density at radius 1 is 1.03 bits per heavy atom. The van der Waals surface area contributed by atoms with Gasteiger partial charge in [-0.25, -0.2) is 9.69 Å². The minimum atomic E-state index is -0.798. The molecule has 31 heavy (non-hydrogen) atoms. The predicted molar refractivity (Wildman–Crippen MR) is 121 cm³/mol. The van der Waals surface area contributed by atoms with E-state index in [9.17, 15) is 14.4 Å². The number of carbonyl (C=O) groups is 3. The number of halogens is 2. The number of amides is 4. The molecule has 4 amide bonds. The summed E-state index contributed by atoms with van der Waals surface area (Å²) in [5.41, 5.74) is 3.43. The van der Waals surface area contributed by atoms with Gasteiger partial charge in [0.15, 0.2) is 0 Å². The molecule has 1 N–H and O–H groups in total. The molecule has 3 aromatic rings. The summed E-state index contributed by atoms with van der Waals surface area (Å²) in [5, 5.41) is 2.79. The van der Waals surface area contributed by atoms with Crippen molar-refractivity contribution in [3.8, 4) is 5.69 Å². The number of rotatable bonds is 3. The van der Waals surface area contributed by atoms with Crippen LogP contribution in [-0.4, -0.2) is 27.4 Å². The quantitative estimate of drug-likeness (QED) is 0.423. The Labute approximate surface area is 191 Å². The van der Waals surface area contributed by atoms with Gasteiger partial charge in [0.05, 0.1) is 10.7 Å². The van der Waals surface area contributed by atoms with Crippen LogP contribution in [0.1, 0.15) is 17.0 Å². The maximum atomic E-state index is 13.0. The number of nitrogens with zero attached hydrogens (tertiary/aromatic N) is 3. The van der Waals surface area contributed by atoms with Crippen molar-refractivity contribution >= 4 is 57.1 Å². The Hall–Kier alpha value is -3.23. The van der Waals surface area contributed by atoms with Crippen molar-refractivity contribution in [3.05, 3.63) is 80.8 Å². The number of benzene rings is 1. The molecule has 9 heteroatoms. The van der Waals surface area contributed by atoms with Crippen LogP contribution in [-0.2, 0) is 9.59 Å². The Balaban J connectivity index is 1.77. The molecule has 0 bridgehead atoms. The van der Waals surface area contributed by atoms with E-state index in [2.05, 4.69) is 26.2 Å². The minimum absolute atomic E-state index is 0.134. The molecule has 1 aliphatic rings. The topological polar surface area (TPSA) is 84.3 Å². The van der Waals surface area contributed by atoms with Crippen LogP contribution in [0.25, 0.3) is 11.8 Å². The SMILES string of the molecule is Cc1cc(/C=C2\C(=O)NC(=O)N(c3ccncc3)C2=O)c(C)n1-c1ccc(Br)c(Cl)c1. The number of aryl methyl sites for hydroxylation is 1. The lowest BCUT2D eigenvalue weighted by molar-refractivity contribution is -0.122. The van der Waals surface area contributed by atoms with Crippen molar-refractivity contribution in [1.82, 2.24) is 14.9 Å². The average molecular weight is 500 g/mol. The van der Waals surface area contributed by atoms with Crippen LogP contribution in [0.15, 0.2) is 58.8 Å². The summed E-state index contributed by atoms with van der Waals surface area (Å²) < 4.78 is 2.76. The minimum Gasteiger partial charge on any atom is -0.318 e. The third-order valence-electron chi connectivity index (χ3n) is 4.95. The number of carbonyl (C=O) groups excluding carboxylic acids is 3. The van der Waals surface area contributed by atoms with Crippen molar-refractivity contribution in [2.45, 2.75) is 13.8 Å². The molecule has 0 atom stereocenters. The highest BCUT2D eigenvalue weighted by molar-refractivity contribution is 9.10. The maximum Gasteiger partial charge on any atom is 0.335 e. The molecular formula is C22H16BrClN4O3. The Bertz CT molecular complexity index is 1270. The summed E-state index contributed by atoms with van der Waals surface area (Å²) in [6.45, 7) is 3.80. The van der Waals surface area contributed by atoms with Gasteiger partial charge in [0.1, 0.15) is 5.57 Å². The van der Waals surface area contributed by atoms with Gasteiger partial charge in [-0.1, -0.05) is 11.6 Å². The van der Waals surface area contributed by atoms with Gasteiger partial charge in [-0.15, -0.1) is 0 Å². The van der Waals surface area contributed by atoms with Crippen LogP contribution in [0.5, 0.6) is 0 Å². The van der Waals surface area contributed by atoms with Gasteiger partial charge in [-0.3, -0.25) is 19.9 Å². The van der Waals surface area contributed by atoms with E-state index in [1.54, 1.807) is 0 Å². The third kappa shape index (κ3) is 3.80. The van der Waals surface area contributed by atoms with E-state index in [0.29, 0.717) is 16.3 Å². The van der Waals surface area contributed by atoms with Gasteiger partial charge in [0, 0.05) is 33.9 Å². The Morgan fingerprint density at radius 2 is 1.74 bits per heavy atom. The number of hydrogen-bond acceptors (Lipinski definition) is 4. The molecule has 1 aromatic carbocycles. The van der Waals surface area contributed by atoms with E-state index in [0.717, 1.165) is 26.4 Å². The summed E-state index contributed by atoms with van der Waals surface area (Å²) in [5.74, 6) is -1.44. The summed E-state index contributed by atoms with van der Waals surface area (Å²) in [4.78, 5) is 42.6. The predicted octanol–water partition coefficient (Wildman–Crippen LogP) is 4.57. The highest BCUT2D eigenvalue weighted by Gasteiger charge is 2.37. The lowest BCUT2D eigenvalue weighted by Gasteiger charge is -2.26. The van der Waals surface area contributed by atoms with Crippen LogP contribution < -0.4 is 10.2 Å². The second-order valence-electron chi connectivity index (χ2n) is 6.92. The third-order valence-corrected chi connectivity index (χ3v) is 6.19. The number of pyridine rings is 1. The fourth-order valence-corrected chi connectivity index (χ4v) is 3.92. The first-order valence-corrected chi connectivity index (χ1v) is 10.4. The molecule has 1 saturated heterocycles. The normalized spacial score (nSPS) is 15.5. The average Bonchev–Trinajstić information content (AvgIpc) is 3.01. The van der Waals surface area contributed by atoms with Gasteiger partial charge in [0.25, 0.3) is 11.8 Å². The van der Waals surface area contributed by atoms with E-state index in [-0.39, 0.29) is 5.57 Å². The van der Waals surface area contributed by atoms with Crippen molar-refractivity contribution in [1.29, 1.82) is 0 Å². The molecule has 1 aliphatic heterocycles. The van der Waals surface area contributed by atoms with Crippen molar-refractivity contribution in [2.24, 2.45) is 0 Å². The lowest BCUT2D eigenvalue weighted by Crippen LogP contribution is -2.54. The number of urea groups is 1. The molecule has 0 unspecified atom stereocenters. The second-order valence-corrected chi connectivity index (χ2v) is 8.19. The Kier molecular flexibility index (Phi) is 5.51. The summed E-state index contributed by atoms with van der Waals surface area (Å²) in [6.07, 6.45) is 4.43. The molecule has 0 spiro atoms. The Morgan fingerprint density at radius 3 is 2.42 bits per heavy atom. The van der Waals surface area contributed by atoms with Gasteiger partial charge in [0.2, 0.25) is 0 Å². The fourth-order valence-electron chi connectivity index (χ4n) is 3.50. The van der Waals surface area contributed by atoms with Crippen molar-refractivity contribution in [3.63, 3.8) is 0 Å². The zero-order chi connectivity index (χ0) is 22.3. The molecular weight excluding hydrogens is 484 g/mol. The van der Waals surface area contributed by atoms with Crippen LogP contribution in [0.3, 0.4) is 0 Å². The van der Waals surface area contributed by atoms with Crippen LogP contribution in [0, 0.1) is 13.8 Å². The number of barbiturate groups is 1. The van der Waals surface area contributed by atoms with E-state index in [4.69, 9.17) is 11.6 Å². The number of hydrogen-bond donors (Lipinski definition) is 1. The number of anilines is 1. The monoisotopic (exact) mass is 498 g/mol. The molecule has 0 aliphatic carbocycles. The van der Waals surface area contributed by atoms with E-state index in [1.165, 1.54) is 30.6 Å². The van der Waals surface area contributed by atoms with Crippen LogP contribution in [0.4, 0.5) is 10.5 Å². The first-order chi connectivity index (χ1) is 14.8. The molecule has 0 saturated carbocycles. The molecule has 156 valence electrons. The molecule has 7 nitrogen and oxygen atoms in total. The molecule has 2 aromatic heterocycles. The van der Waals surface area contributed by atoms with Gasteiger partial charge < -0.3 is 4.57 Å². The summed E-state index contributed by atoms with van der Waals surface area (Å²) in [7, 11) is 0. The van der Waals surface area contributed by atoms with E-state index >= 15 is 0 Å². The van der Waals surface area contributed by atoms with Crippen molar-refractivity contribution in [2.75, 3.05) is 4.90 Å². The lowest BCUT2D eigenvalue weighted by atomic mass is 10.1. The molecule has 0 radical (unpaired) electrons. The van der Waals surface area contributed by atoms with Gasteiger partial charge >= 0.3 is 6.03 Å². The van der Waals surface area contributed by atoms with Crippen molar-refractivity contribution < 1.29 is 14.4 Å². The number of nitrogens with one attached hydrogen (secondary N) is 1. The zero-order valence-electron chi connectivity index (χ0n) is 16.5. The largest absolute Gasteiger partial charge is 0.335 e. The van der Waals surface area contributed by atoms with Gasteiger partial charge in [-0.05, 0) is 77.8 Å². The molecule has 1 fully saturated rings. The molecule has 4 rings (SSSR count). The summed E-state index contributed by atoms with van der Waals surface area (Å²) in [6, 6.07) is 9.70. The number of imide groups is 2. The first kappa shape index (κ1) is 21.0. The second kappa shape index (κ2) is 8.13. The smallest absolute Gasteiger partial charge is 0.318 e. The van der Waals surface area contributed by atoms with E-state index in [1.807, 2.05) is 42.7 Å². The van der Waals surface area contributed by atoms with Crippen LogP contribution in [0.2, 0.25) is 5.02 Å². The van der Waals surface area contributed by atoms with E-state index < -0.39 is 17.8 Å². The maximum absolute atomic E-state index is 13.0. The highest BCUT2D eigenvalue weighted by Crippen LogP contribution is 2.29. The highest BCUT2D eigenvalue weighted by atomic mass is 79.9. The number of aromatic nitrogens is 2. The van der Waals surface area contributed by atoms with Crippen LogP contribution >= 0.6 is 27.5 Å². The zero-order valence-corrected chi connectivity index (χ0v) is 18.9. The fraction of sp³-hybridized carbons (Fsp3) is 0.0909. The standard InChI is InChI=1S/C22H16BrClN4O3/c1-12-9-14(13(2)27(12)16-3-4-18(23)19(24)11-16)10-17-20(29)26-22(31)28(21(17)30)15-5-7-25-8-6-15/h3-11H,1-2H3,(H,26,29,31)/b17-10+.